The molecule has 1 aliphatic heterocycles. The smallest absolute Gasteiger partial charge is 0.319 e. The Labute approximate surface area is 150 Å². The summed E-state index contributed by atoms with van der Waals surface area (Å²) in [6.07, 6.45) is -3.29. The van der Waals surface area contributed by atoms with Gasteiger partial charge in [-0.05, 0) is 50.6 Å². The van der Waals surface area contributed by atoms with Gasteiger partial charge in [0.05, 0.1) is 10.6 Å². The van der Waals surface area contributed by atoms with E-state index in [1.807, 2.05) is 7.05 Å². The van der Waals surface area contributed by atoms with Crippen LogP contribution in [0.5, 0.6) is 0 Å². The molecule has 0 unspecified atom stereocenters. The fraction of sp³-hybridized carbons (Fsp3) is 0.571. The van der Waals surface area contributed by atoms with Crippen molar-refractivity contribution in [1.29, 1.82) is 0 Å². The van der Waals surface area contributed by atoms with E-state index in [1.165, 1.54) is 4.31 Å². The highest BCUT2D eigenvalue weighted by Crippen LogP contribution is 2.35. The first-order valence-electron chi connectivity index (χ1n) is 7.17. The maximum Gasteiger partial charge on any atom is 0.416 e. The molecule has 10 heteroatoms. The van der Waals surface area contributed by atoms with Crippen LogP contribution in [-0.2, 0) is 16.2 Å². The quantitative estimate of drug-likeness (QED) is 0.833. The Morgan fingerprint density at radius 1 is 1.29 bits per heavy atom. The molecule has 24 heavy (non-hydrogen) atoms. The molecule has 0 amide bonds. The van der Waals surface area contributed by atoms with Crippen molar-refractivity contribution in [3.63, 3.8) is 0 Å². The molecule has 1 saturated heterocycles. The number of rotatable bonds is 4. The van der Waals surface area contributed by atoms with Gasteiger partial charge < -0.3 is 5.32 Å². The van der Waals surface area contributed by atoms with E-state index in [0.29, 0.717) is 24.8 Å². The van der Waals surface area contributed by atoms with E-state index < -0.39 is 26.7 Å². The predicted octanol–water partition coefficient (Wildman–Crippen LogP) is 3.40. The van der Waals surface area contributed by atoms with Crippen LogP contribution in [0.15, 0.2) is 23.1 Å². The lowest BCUT2D eigenvalue weighted by Crippen LogP contribution is -2.40. The van der Waals surface area contributed by atoms with E-state index in [-0.39, 0.29) is 30.5 Å². The van der Waals surface area contributed by atoms with Gasteiger partial charge >= 0.3 is 6.18 Å². The number of hydrogen-bond acceptors (Lipinski definition) is 3. The second-order valence-corrected chi connectivity index (χ2v) is 7.86. The topological polar surface area (TPSA) is 49.4 Å². The Balaban J connectivity index is 0.00000288. The fourth-order valence-corrected chi connectivity index (χ4v) is 4.63. The third-order valence-corrected chi connectivity index (χ3v) is 6.32. The number of halogens is 5. The zero-order valence-corrected chi connectivity index (χ0v) is 15.3. The number of alkyl halides is 3. The first-order chi connectivity index (χ1) is 10.7. The minimum atomic E-state index is -4.62. The number of piperidine rings is 1. The van der Waals surface area contributed by atoms with Crippen molar-refractivity contribution in [2.45, 2.75) is 23.9 Å². The second kappa shape index (κ2) is 8.23. The Hall–Kier alpha value is -0.540. The lowest BCUT2D eigenvalue weighted by atomic mass is 9.98. The SMILES string of the molecule is CNCC1CCN(S(=O)(=O)c2cc(C(F)(F)F)ccc2Cl)CC1.Cl. The number of hydrogen-bond donors (Lipinski definition) is 1. The molecule has 0 atom stereocenters. The van der Waals surface area contributed by atoms with E-state index in [0.717, 1.165) is 18.7 Å². The monoisotopic (exact) mass is 406 g/mol. The summed E-state index contributed by atoms with van der Waals surface area (Å²) in [6, 6.07) is 2.36. The summed E-state index contributed by atoms with van der Waals surface area (Å²) in [6.45, 7) is 1.35. The normalized spacial score (nSPS) is 17.5. The summed E-state index contributed by atoms with van der Waals surface area (Å²) in [5.41, 5.74) is -1.02. The molecular formula is C14H19Cl2F3N2O2S. The maximum absolute atomic E-state index is 12.8. The average molecular weight is 407 g/mol. The summed E-state index contributed by atoms with van der Waals surface area (Å²) in [4.78, 5) is -0.485. The van der Waals surface area contributed by atoms with Gasteiger partial charge in [-0.3, -0.25) is 0 Å². The molecule has 2 rings (SSSR count). The van der Waals surface area contributed by atoms with Crippen LogP contribution < -0.4 is 5.32 Å². The van der Waals surface area contributed by atoms with Crippen LogP contribution in [0.3, 0.4) is 0 Å². The van der Waals surface area contributed by atoms with Crippen molar-refractivity contribution >= 4 is 34.0 Å². The van der Waals surface area contributed by atoms with Gasteiger partial charge in [0.25, 0.3) is 0 Å². The summed E-state index contributed by atoms with van der Waals surface area (Å²) >= 11 is 5.85. The van der Waals surface area contributed by atoms with Gasteiger partial charge in [-0.1, -0.05) is 11.6 Å². The molecule has 0 saturated carbocycles. The van der Waals surface area contributed by atoms with Gasteiger partial charge in [0.15, 0.2) is 0 Å². The van der Waals surface area contributed by atoms with Crippen molar-refractivity contribution in [3.8, 4) is 0 Å². The average Bonchev–Trinajstić information content (AvgIpc) is 2.47. The third-order valence-electron chi connectivity index (χ3n) is 3.94. The Morgan fingerprint density at radius 2 is 1.88 bits per heavy atom. The summed E-state index contributed by atoms with van der Waals surface area (Å²) in [5, 5.41) is 2.84. The molecule has 138 valence electrons. The molecule has 1 aromatic rings. The minimum Gasteiger partial charge on any atom is -0.319 e. The van der Waals surface area contributed by atoms with Gasteiger partial charge in [0.2, 0.25) is 10.0 Å². The molecule has 1 aliphatic rings. The number of nitrogens with one attached hydrogen (secondary N) is 1. The largest absolute Gasteiger partial charge is 0.416 e. The first kappa shape index (κ1) is 21.5. The standard InChI is InChI=1S/C14H18ClF3N2O2S.ClH/c1-19-9-10-4-6-20(7-5-10)23(21,22)13-8-11(14(16,17)18)2-3-12(13)15;/h2-3,8,10,19H,4-7,9H2,1H3;1H. The van der Waals surface area contributed by atoms with Crippen molar-refractivity contribution in [2.75, 3.05) is 26.7 Å². The number of nitrogens with zero attached hydrogens (tertiary/aromatic N) is 1. The van der Waals surface area contributed by atoms with Crippen molar-refractivity contribution in [2.24, 2.45) is 5.92 Å². The van der Waals surface area contributed by atoms with E-state index in [2.05, 4.69) is 5.32 Å². The molecule has 4 nitrogen and oxygen atoms in total. The minimum absolute atomic E-state index is 0. The second-order valence-electron chi connectivity index (χ2n) is 5.55. The van der Waals surface area contributed by atoms with Gasteiger partial charge in [-0.2, -0.15) is 17.5 Å². The molecule has 0 bridgehead atoms. The molecule has 1 N–H and O–H groups in total. The number of benzene rings is 1. The van der Waals surface area contributed by atoms with Gasteiger partial charge in [-0.25, -0.2) is 8.42 Å². The van der Waals surface area contributed by atoms with Crippen LogP contribution in [0, 0.1) is 5.92 Å². The molecule has 0 spiro atoms. The Kier molecular flexibility index (Phi) is 7.37. The highest BCUT2D eigenvalue weighted by Gasteiger charge is 2.35. The van der Waals surface area contributed by atoms with Gasteiger partial charge in [0.1, 0.15) is 4.90 Å². The highest BCUT2D eigenvalue weighted by atomic mass is 35.5. The van der Waals surface area contributed by atoms with Crippen LogP contribution >= 0.6 is 24.0 Å². The lowest BCUT2D eigenvalue weighted by molar-refractivity contribution is -0.137. The van der Waals surface area contributed by atoms with Crippen LogP contribution in [0.4, 0.5) is 13.2 Å². The summed E-state index contributed by atoms with van der Waals surface area (Å²) < 4.78 is 64.9. The van der Waals surface area contributed by atoms with E-state index in [1.54, 1.807) is 0 Å². The first-order valence-corrected chi connectivity index (χ1v) is 8.99. The summed E-state index contributed by atoms with van der Waals surface area (Å²) in [5.74, 6) is 0.364. The zero-order valence-electron chi connectivity index (χ0n) is 12.9. The summed E-state index contributed by atoms with van der Waals surface area (Å²) in [7, 11) is -2.21. The predicted molar refractivity (Wildman–Crippen MR) is 89.1 cm³/mol. The van der Waals surface area contributed by atoms with Crippen molar-refractivity contribution in [1.82, 2.24) is 9.62 Å². The van der Waals surface area contributed by atoms with Crippen LogP contribution in [0.2, 0.25) is 5.02 Å². The molecule has 0 aromatic heterocycles. The zero-order chi connectivity index (χ0) is 17.3. The van der Waals surface area contributed by atoms with Gasteiger partial charge in [-0.15, -0.1) is 12.4 Å². The molecule has 1 heterocycles. The van der Waals surface area contributed by atoms with Crippen LogP contribution in [-0.4, -0.2) is 39.4 Å². The maximum atomic E-state index is 12.8. The van der Waals surface area contributed by atoms with Crippen molar-refractivity contribution in [3.05, 3.63) is 28.8 Å². The molecule has 0 radical (unpaired) electrons. The highest BCUT2D eigenvalue weighted by molar-refractivity contribution is 7.89. The Morgan fingerprint density at radius 3 is 2.38 bits per heavy atom. The van der Waals surface area contributed by atoms with E-state index in [4.69, 9.17) is 11.6 Å². The molecule has 1 fully saturated rings. The van der Waals surface area contributed by atoms with Crippen molar-refractivity contribution < 1.29 is 21.6 Å². The molecule has 1 aromatic carbocycles. The Bertz CT molecular complexity index is 660. The lowest BCUT2D eigenvalue weighted by Gasteiger charge is -2.31. The molecule has 0 aliphatic carbocycles. The molecular weight excluding hydrogens is 388 g/mol. The van der Waals surface area contributed by atoms with Gasteiger partial charge in [0, 0.05) is 13.1 Å². The number of sulfonamides is 1. The van der Waals surface area contributed by atoms with Crippen LogP contribution in [0.1, 0.15) is 18.4 Å². The fourth-order valence-electron chi connectivity index (χ4n) is 2.66. The van der Waals surface area contributed by atoms with E-state index in [9.17, 15) is 21.6 Å². The van der Waals surface area contributed by atoms with Crippen LogP contribution in [0.25, 0.3) is 0 Å². The third kappa shape index (κ3) is 4.76. The van der Waals surface area contributed by atoms with E-state index >= 15 is 0 Å².